The van der Waals surface area contributed by atoms with Crippen LogP contribution in [0.2, 0.25) is 0 Å². The molecule has 2 unspecified atom stereocenters. The first-order chi connectivity index (χ1) is 18.7. The molecular weight excluding hydrogens is 484 g/mol. The molecule has 0 radical (unpaired) electrons. The van der Waals surface area contributed by atoms with Crippen LogP contribution in [0.4, 0.5) is 0 Å². The van der Waals surface area contributed by atoms with Gasteiger partial charge >= 0.3 is 0 Å². The molecule has 1 aliphatic heterocycles. The van der Waals surface area contributed by atoms with Gasteiger partial charge in [0.15, 0.2) is 0 Å². The molecule has 5 heteroatoms. The normalized spacial score (nSPS) is 18.5. The Labute approximate surface area is 230 Å². The lowest BCUT2D eigenvalue weighted by atomic mass is 9.75. The van der Waals surface area contributed by atoms with Crippen LogP contribution in [0.25, 0.3) is 11.3 Å². The van der Waals surface area contributed by atoms with E-state index in [0.29, 0.717) is 16.9 Å². The van der Waals surface area contributed by atoms with Crippen LogP contribution >= 0.6 is 0 Å². The van der Waals surface area contributed by atoms with Gasteiger partial charge in [-0.05, 0) is 61.6 Å². The highest BCUT2D eigenvalue weighted by Gasteiger charge is 2.42. The summed E-state index contributed by atoms with van der Waals surface area (Å²) in [5.74, 6) is 0.809. The number of likely N-dealkylation sites (N-methyl/N-ethyl adjacent to an activating group) is 1. The number of hydrogen-bond donors (Lipinski definition) is 2. The van der Waals surface area contributed by atoms with Crippen LogP contribution < -0.4 is 10.6 Å². The van der Waals surface area contributed by atoms with E-state index in [4.69, 9.17) is 4.74 Å². The molecule has 2 N–H and O–H groups in total. The molecular formula is C34H34N2O3. The van der Waals surface area contributed by atoms with Crippen molar-refractivity contribution in [2.75, 3.05) is 7.05 Å². The van der Waals surface area contributed by atoms with Gasteiger partial charge in [0.05, 0.1) is 17.0 Å². The lowest BCUT2D eigenvalue weighted by Crippen LogP contribution is -2.41. The van der Waals surface area contributed by atoms with Crippen LogP contribution in [0.5, 0.6) is 0 Å². The number of nitrogens with one attached hydrogen (secondary N) is 2. The third-order valence-corrected chi connectivity index (χ3v) is 7.66. The number of benzene rings is 3. The summed E-state index contributed by atoms with van der Waals surface area (Å²) in [5, 5.41) is 5.98. The fraction of sp³-hybridized carbons (Fsp3) is 0.235. The number of carbonyl (C=O) groups is 2. The second-order valence-corrected chi connectivity index (χ2v) is 10.8. The zero-order valence-electron chi connectivity index (χ0n) is 23.0. The molecule has 0 saturated carbocycles. The van der Waals surface area contributed by atoms with Crippen molar-refractivity contribution >= 4 is 23.1 Å². The fourth-order valence-electron chi connectivity index (χ4n) is 5.44. The van der Waals surface area contributed by atoms with Gasteiger partial charge < -0.3 is 15.4 Å². The Balaban J connectivity index is 1.45. The molecule has 5 nitrogen and oxygen atoms in total. The molecule has 0 fully saturated rings. The third-order valence-electron chi connectivity index (χ3n) is 7.66. The maximum Gasteiger partial charge on any atom is 0.251 e. The van der Waals surface area contributed by atoms with Gasteiger partial charge in [0, 0.05) is 18.2 Å². The molecule has 0 aromatic heterocycles. The second kappa shape index (κ2) is 10.4. The summed E-state index contributed by atoms with van der Waals surface area (Å²) in [6.45, 7) is 8.14. The van der Waals surface area contributed by atoms with Gasteiger partial charge in [-0.25, -0.2) is 0 Å². The summed E-state index contributed by atoms with van der Waals surface area (Å²) < 4.78 is 6.31. The summed E-state index contributed by atoms with van der Waals surface area (Å²) in [4.78, 5) is 26.5. The van der Waals surface area contributed by atoms with E-state index in [2.05, 4.69) is 17.6 Å². The maximum absolute atomic E-state index is 13.3. The smallest absolute Gasteiger partial charge is 0.251 e. The molecule has 1 heterocycles. The molecule has 5 rings (SSSR count). The first-order valence-corrected chi connectivity index (χ1v) is 13.3. The average molecular weight is 519 g/mol. The van der Waals surface area contributed by atoms with Crippen LogP contribution in [0.15, 0.2) is 102 Å². The number of ether oxygens (including phenoxy) is 1. The van der Waals surface area contributed by atoms with E-state index in [1.54, 1.807) is 7.05 Å². The Morgan fingerprint density at radius 2 is 1.56 bits per heavy atom. The monoisotopic (exact) mass is 518 g/mol. The molecule has 2 aliphatic rings. The molecule has 0 spiro atoms. The van der Waals surface area contributed by atoms with Gasteiger partial charge in [0.25, 0.3) is 11.8 Å². The van der Waals surface area contributed by atoms with Crippen molar-refractivity contribution in [1.29, 1.82) is 0 Å². The maximum atomic E-state index is 13.3. The minimum Gasteiger partial charge on any atom is -0.460 e. The minimum atomic E-state index is -0.524. The number of rotatable bonds is 6. The van der Waals surface area contributed by atoms with Crippen LogP contribution in [-0.2, 0) is 15.1 Å². The van der Waals surface area contributed by atoms with Crippen molar-refractivity contribution < 1.29 is 14.3 Å². The van der Waals surface area contributed by atoms with Crippen molar-refractivity contribution in [2.45, 2.75) is 33.2 Å². The number of hydrogen-bond acceptors (Lipinski definition) is 3. The van der Waals surface area contributed by atoms with Crippen molar-refractivity contribution in [3.63, 3.8) is 0 Å². The van der Waals surface area contributed by atoms with E-state index in [0.717, 1.165) is 33.6 Å². The van der Waals surface area contributed by atoms with Crippen molar-refractivity contribution in [2.24, 2.45) is 11.8 Å². The summed E-state index contributed by atoms with van der Waals surface area (Å²) in [5.41, 5.74) is 5.75. The lowest BCUT2D eigenvalue weighted by Gasteiger charge is -2.28. The predicted molar refractivity (Wildman–Crippen MR) is 155 cm³/mol. The van der Waals surface area contributed by atoms with Crippen molar-refractivity contribution in [3.05, 3.63) is 130 Å². The van der Waals surface area contributed by atoms with E-state index in [9.17, 15) is 9.59 Å². The Morgan fingerprint density at radius 1 is 0.846 bits per heavy atom. The molecule has 3 aromatic carbocycles. The Bertz CT molecular complexity index is 1510. The quantitative estimate of drug-likeness (QED) is 0.398. The average Bonchev–Trinajstić information content (AvgIpc) is 3.34. The van der Waals surface area contributed by atoms with Gasteiger partial charge in [0.2, 0.25) is 0 Å². The number of carbonyl (C=O) groups excluding carboxylic acids is 2. The number of aryl methyl sites for hydroxylation is 1. The number of allylic oxidation sites excluding steroid dienone is 4. The SMILES string of the molecule is CNC(=O)C1=C(c2ccc(C)cc2)OC2=CC=C(c3cccc(C(=O)NC(C)(C)c4ccccc4)c3)C(C)C21. The Hall–Kier alpha value is -4.38. The summed E-state index contributed by atoms with van der Waals surface area (Å²) in [7, 11) is 1.65. The van der Waals surface area contributed by atoms with Gasteiger partial charge in [0.1, 0.15) is 11.5 Å². The summed E-state index contributed by atoms with van der Waals surface area (Å²) in [6.07, 6.45) is 4.00. The largest absolute Gasteiger partial charge is 0.460 e. The first kappa shape index (κ1) is 26.2. The van der Waals surface area contributed by atoms with Gasteiger partial charge in [-0.3, -0.25) is 9.59 Å². The summed E-state index contributed by atoms with van der Waals surface area (Å²) >= 11 is 0. The Morgan fingerprint density at radius 3 is 2.26 bits per heavy atom. The fourth-order valence-corrected chi connectivity index (χ4v) is 5.44. The molecule has 0 saturated heterocycles. The standard InChI is InChI=1S/C34H34N2O3/c1-21-14-16-23(17-15-21)31-30(33(38)35-5)29-22(2)27(18-19-28(29)39-31)24-10-9-11-25(20-24)32(37)36-34(3,4)26-12-7-6-8-13-26/h6-20,22,29H,1-5H3,(H,35,38)(H,36,37). The van der Waals surface area contributed by atoms with Crippen molar-refractivity contribution in [1.82, 2.24) is 10.6 Å². The van der Waals surface area contributed by atoms with Crippen LogP contribution in [0.3, 0.4) is 0 Å². The van der Waals surface area contributed by atoms with E-state index in [1.165, 1.54) is 0 Å². The molecule has 39 heavy (non-hydrogen) atoms. The van der Waals surface area contributed by atoms with E-state index >= 15 is 0 Å². The highest BCUT2D eigenvalue weighted by Crippen LogP contribution is 2.49. The van der Waals surface area contributed by atoms with Gasteiger partial charge in [-0.1, -0.05) is 85.3 Å². The molecule has 2 atom stereocenters. The van der Waals surface area contributed by atoms with E-state index in [-0.39, 0.29) is 23.7 Å². The van der Waals surface area contributed by atoms with Crippen LogP contribution in [-0.4, -0.2) is 18.9 Å². The summed E-state index contributed by atoms with van der Waals surface area (Å²) in [6, 6.07) is 25.6. The van der Waals surface area contributed by atoms with Gasteiger partial charge in [-0.15, -0.1) is 0 Å². The first-order valence-electron chi connectivity index (χ1n) is 13.3. The molecule has 2 amide bonds. The zero-order valence-corrected chi connectivity index (χ0v) is 23.0. The predicted octanol–water partition coefficient (Wildman–Crippen LogP) is 6.38. The second-order valence-electron chi connectivity index (χ2n) is 10.8. The van der Waals surface area contributed by atoms with Crippen LogP contribution in [0.1, 0.15) is 53.4 Å². The Kier molecular flexibility index (Phi) is 7.00. The minimum absolute atomic E-state index is 0.0423. The topological polar surface area (TPSA) is 67.4 Å². The van der Waals surface area contributed by atoms with Gasteiger partial charge in [-0.2, -0.15) is 0 Å². The third kappa shape index (κ3) is 5.05. The van der Waals surface area contributed by atoms with E-state index < -0.39 is 5.54 Å². The van der Waals surface area contributed by atoms with Crippen LogP contribution in [0, 0.1) is 18.8 Å². The molecule has 0 bridgehead atoms. The number of fused-ring (bicyclic) bond motifs is 1. The molecule has 3 aromatic rings. The molecule has 1 aliphatic carbocycles. The zero-order chi connectivity index (χ0) is 27.7. The highest BCUT2D eigenvalue weighted by molar-refractivity contribution is 6.03. The lowest BCUT2D eigenvalue weighted by molar-refractivity contribution is -0.117. The molecule has 198 valence electrons. The van der Waals surface area contributed by atoms with E-state index in [1.807, 2.05) is 112 Å². The highest BCUT2D eigenvalue weighted by atomic mass is 16.5. The van der Waals surface area contributed by atoms with Crippen molar-refractivity contribution in [3.8, 4) is 0 Å². The number of amides is 2.